The van der Waals surface area contributed by atoms with Gasteiger partial charge >= 0.3 is 19.2 Å². The maximum Gasteiger partial charge on any atom is 0.490 e. The fourth-order valence-electron chi connectivity index (χ4n) is 2.17. The molecule has 122 valence electrons. The Labute approximate surface area is 133 Å². The molecule has 2 N–H and O–H groups in total. The maximum absolute atomic E-state index is 12.3. The van der Waals surface area contributed by atoms with Crippen molar-refractivity contribution in [1.82, 2.24) is 4.57 Å². The van der Waals surface area contributed by atoms with E-state index in [0.29, 0.717) is 10.9 Å². The Morgan fingerprint density at radius 2 is 1.87 bits per heavy atom. The topological polar surface area (TPSA) is 98.0 Å². The molecule has 8 heteroatoms. The molecule has 1 aromatic heterocycles. The third kappa shape index (κ3) is 3.54. The Morgan fingerprint density at radius 3 is 2.39 bits per heavy atom. The van der Waals surface area contributed by atoms with Crippen molar-refractivity contribution >= 4 is 35.5 Å². The Kier molecular flexibility index (Phi) is 4.49. The van der Waals surface area contributed by atoms with Crippen LogP contribution in [-0.4, -0.2) is 46.5 Å². The zero-order valence-corrected chi connectivity index (χ0v) is 13.4. The van der Waals surface area contributed by atoms with Gasteiger partial charge in [-0.2, -0.15) is 0 Å². The fraction of sp³-hybridized carbons (Fsp3) is 0.333. The van der Waals surface area contributed by atoms with Crippen molar-refractivity contribution in [3.63, 3.8) is 0 Å². The van der Waals surface area contributed by atoms with Gasteiger partial charge in [-0.3, -0.25) is 4.57 Å². The quantitative estimate of drug-likeness (QED) is 0.630. The van der Waals surface area contributed by atoms with Crippen LogP contribution in [0.25, 0.3) is 10.9 Å². The van der Waals surface area contributed by atoms with Crippen molar-refractivity contribution < 1.29 is 29.1 Å². The van der Waals surface area contributed by atoms with Gasteiger partial charge in [0, 0.05) is 17.0 Å². The highest BCUT2D eigenvalue weighted by Crippen LogP contribution is 2.19. The van der Waals surface area contributed by atoms with E-state index in [1.165, 1.54) is 31.5 Å². The molecule has 23 heavy (non-hydrogen) atoms. The summed E-state index contributed by atoms with van der Waals surface area (Å²) in [4.78, 5) is 24.0. The van der Waals surface area contributed by atoms with Crippen LogP contribution in [0.2, 0.25) is 0 Å². The molecule has 0 fully saturated rings. The van der Waals surface area contributed by atoms with E-state index >= 15 is 0 Å². The molecule has 7 nitrogen and oxygen atoms in total. The number of carbonyl (C=O) groups excluding carboxylic acids is 2. The number of methoxy groups -OCH3 is 1. The van der Waals surface area contributed by atoms with Crippen LogP contribution in [-0.2, 0) is 9.47 Å². The first-order valence-electron chi connectivity index (χ1n) is 6.97. The summed E-state index contributed by atoms with van der Waals surface area (Å²) in [6, 6.07) is 4.45. The fourth-order valence-corrected chi connectivity index (χ4v) is 2.17. The van der Waals surface area contributed by atoms with Crippen LogP contribution in [0.5, 0.6) is 0 Å². The van der Waals surface area contributed by atoms with Crippen molar-refractivity contribution in [2.75, 3.05) is 7.11 Å². The lowest BCUT2D eigenvalue weighted by Crippen LogP contribution is -2.30. The first-order chi connectivity index (χ1) is 10.6. The number of rotatable bonds is 2. The van der Waals surface area contributed by atoms with Gasteiger partial charge in [-0.15, -0.1) is 0 Å². The molecule has 1 heterocycles. The summed E-state index contributed by atoms with van der Waals surface area (Å²) >= 11 is 0. The molecule has 1 aromatic carbocycles. The Hall–Kier alpha value is -2.32. The highest BCUT2D eigenvalue weighted by molar-refractivity contribution is 6.62. The summed E-state index contributed by atoms with van der Waals surface area (Å²) in [6.07, 6.45) is 0.598. The highest BCUT2D eigenvalue weighted by Gasteiger charge is 2.25. The van der Waals surface area contributed by atoms with Gasteiger partial charge in [0.1, 0.15) is 5.60 Å². The van der Waals surface area contributed by atoms with E-state index in [2.05, 4.69) is 4.74 Å². The predicted octanol–water partition coefficient (Wildman–Crippen LogP) is 0.891. The molecule has 0 aliphatic heterocycles. The summed E-state index contributed by atoms with van der Waals surface area (Å²) in [7, 11) is -0.507. The van der Waals surface area contributed by atoms with E-state index in [1.807, 2.05) is 0 Å². The number of hydrogen-bond acceptors (Lipinski definition) is 6. The molecule has 0 aliphatic carbocycles. The third-order valence-electron chi connectivity index (χ3n) is 3.13. The average molecular weight is 319 g/mol. The lowest BCUT2D eigenvalue weighted by Gasteiger charge is -2.19. The number of esters is 1. The van der Waals surface area contributed by atoms with Gasteiger partial charge in [-0.1, -0.05) is 6.07 Å². The van der Waals surface area contributed by atoms with Crippen LogP contribution >= 0.6 is 0 Å². The minimum absolute atomic E-state index is 0.141. The van der Waals surface area contributed by atoms with E-state index in [9.17, 15) is 19.6 Å². The number of hydrogen-bond donors (Lipinski definition) is 2. The van der Waals surface area contributed by atoms with Crippen LogP contribution in [0.15, 0.2) is 24.4 Å². The van der Waals surface area contributed by atoms with Crippen molar-refractivity contribution in [2.24, 2.45) is 0 Å². The molecule has 2 rings (SSSR count). The molecular formula is C15H18BNO6. The van der Waals surface area contributed by atoms with E-state index in [0.717, 1.165) is 4.57 Å². The van der Waals surface area contributed by atoms with E-state index in [-0.39, 0.29) is 11.0 Å². The van der Waals surface area contributed by atoms with Crippen molar-refractivity contribution in [1.29, 1.82) is 0 Å². The molecule has 0 saturated heterocycles. The normalized spacial score (nSPS) is 11.4. The monoisotopic (exact) mass is 319 g/mol. The van der Waals surface area contributed by atoms with Gasteiger partial charge in [-0.05, 0) is 32.9 Å². The third-order valence-corrected chi connectivity index (χ3v) is 3.13. The second kappa shape index (κ2) is 6.06. The van der Waals surface area contributed by atoms with Gasteiger partial charge in [0.25, 0.3) is 0 Å². The second-order valence-electron chi connectivity index (χ2n) is 6.03. The molecule has 0 aliphatic rings. The summed E-state index contributed by atoms with van der Waals surface area (Å²) in [5.41, 5.74) is -0.0135. The van der Waals surface area contributed by atoms with Crippen LogP contribution < -0.4 is 5.46 Å². The van der Waals surface area contributed by atoms with E-state index < -0.39 is 24.8 Å². The van der Waals surface area contributed by atoms with Crippen LogP contribution in [0.1, 0.15) is 31.1 Å². The smallest absolute Gasteiger partial charge is 0.465 e. The number of benzene rings is 1. The number of aromatic nitrogens is 1. The lowest BCUT2D eigenvalue weighted by atomic mass is 9.80. The molecule has 0 atom stereocenters. The second-order valence-corrected chi connectivity index (χ2v) is 6.03. The highest BCUT2D eigenvalue weighted by atomic mass is 16.6. The van der Waals surface area contributed by atoms with Gasteiger partial charge in [0.05, 0.1) is 18.2 Å². The van der Waals surface area contributed by atoms with Crippen molar-refractivity contribution in [3.8, 4) is 0 Å². The van der Waals surface area contributed by atoms with Gasteiger partial charge in [0.15, 0.2) is 0 Å². The molecular weight excluding hydrogens is 301 g/mol. The minimum Gasteiger partial charge on any atom is -0.465 e. The Morgan fingerprint density at radius 1 is 1.22 bits per heavy atom. The zero-order valence-electron chi connectivity index (χ0n) is 13.4. The standard InChI is InChI=1S/C15H18BNO6/c1-15(2,3)23-14(19)17-8-11(16(20)21)10-6-5-9(7-12(10)17)13(18)22-4/h5-8,20-21H,1-4H3. The Bertz CT molecular complexity index is 759. The van der Waals surface area contributed by atoms with Crippen LogP contribution in [0.4, 0.5) is 4.79 Å². The minimum atomic E-state index is -1.76. The maximum atomic E-state index is 12.3. The molecule has 0 saturated carbocycles. The first-order valence-corrected chi connectivity index (χ1v) is 6.97. The molecule has 2 aromatic rings. The molecule has 0 spiro atoms. The number of carbonyl (C=O) groups is 2. The largest absolute Gasteiger partial charge is 0.490 e. The average Bonchev–Trinajstić information content (AvgIpc) is 2.83. The molecule has 0 radical (unpaired) electrons. The molecule has 0 bridgehead atoms. The van der Waals surface area contributed by atoms with E-state index in [1.54, 1.807) is 20.8 Å². The zero-order chi connectivity index (χ0) is 17.4. The summed E-state index contributed by atoms with van der Waals surface area (Å²) in [5.74, 6) is -0.560. The number of ether oxygens (including phenoxy) is 2. The van der Waals surface area contributed by atoms with Crippen LogP contribution in [0.3, 0.4) is 0 Å². The molecule has 0 amide bonds. The van der Waals surface area contributed by atoms with Gasteiger partial charge < -0.3 is 19.5 Å². The van der Waals surface area contributed by atoms with Crippen LogP contribution in [0, 0.1) is 0 Å². The first kappa shape index (κ1) is 17.0. The summed E-state index contributed by atoms with van der Waals surface area (Å²) < 4.78 is 11.1. The SMILES string of the molecule is COC(=O)c1ccc2c(B(O)O)cn(C(=O)OC(C)(C)C)c2c1. The lowest BCUT2D eigenvalue weighted by molar-refractivity contribution is 0.0541. The number of nitrogens with zero attached hydrogens (tertiary/aromatic N) is 1. The summed E-state index contributed by atoms with van der Waals surface area (Å²) in [6.45, 7) is 5.16. The summed E-state index contributed by atoms with van der Waals surface area (Å²) in [5, 5.41) is 19.4. The van der Waals surface area contributed by atoms with Gasteiger partial charge in [-0.25, -0.2) is 9.59 Å². The van der Waals surface area contributed by atoms with Gasteiger partial charge in [0.2, 0.25) is 0 Å². The molecule has 0 unspecified atom stereocenters. The Balaban J connectivity index is 2.62. The van der Waals surface area contributed by atoms with E-state index in [4.69, 9.17) is 4.74 Å². The predicted molar refractivity (Wildman–Crippen MR) is 84.7 cm³/mol. The number of fused-ring (bicyclic) bond motifs is 1. The van der Waals surface area contributed by atoms with Crippen molar-refractivity contribution in [2.45, 2.75) is 26.4 Å². The van der Waals surface area contributed by atoms with Crippen molar-refractivity contribution in [3.05, 3.63) is 30.0 Å².